The second-order valence-corrected chi connectivity index (χ2v) is 6.21. The number of nitrogens with zero attached hydrogens (tertiary/aromatic N) is 4. The van der Waals surface area contributed by atoms with E-state index in [-0.39, 0.29) is 24.9 Å². The maximum atomic E-state index is 12.4. The number of piperazine rings is 1. The molecule has 25 heavy (non-hydrogen) atoms. The quantitative estimate of drug-likeness (QED) is 0.838. The number of halogens is 2. The highest BCUT2D eigenvalue weighted by atomic mass is 35.5. The van der Waals surface area contributed by atoms with Crippen LogP contribution < -0.4 is 5.73 Å². The summed E-state index contributed by atoms with van der Waals surface area (Å²) >= 11 is 5.87. The molecule has 1 aromatic carbocycles. The van der Waals surface area contributed by atoms with Crippen LogP contribution in [0.15, 0.2) is 28.8 Å². The molecule has 0 radical (unpaired) electrons. The zero-order valence-electron chi connectivity index (χ0n) is 13.7. The maximum Gasteiger partial charge on any atom is 0.240 e. The van der Waals surface area contributed by atoms with Crippen molar-refractivity contribution in [2.24, 2.45) is 5.73 Å². The van der Waals surface area contributed by atoms with Gasteiger partial charge in [-0.25, -0.2) is 0 Å². The molecule has 136 valence electrons. The molecule has 0 spiro atoms. The molecule has 2 aromatic rings. The van der Waals surface area contributed by atoms with Crippen LogP contribution in [0.25, 0.3) is 0 Å². The molecule has 0 bridgehead atoms. The number of benzene rings is 1. The van der Waals surface area contributed by atoms with Crippen LogP contribution in [0.4, 0.5) is 0 Å². The molecule has 1 aromatic heterocycles. The van der Waals surface area contributed by atoms with Crippen LogP contribution >= 0.6 is 24.0 Å². The molecule has 0 aliphatic carbocycles. The zero-order chi connectivity index (χ0) is 16.9. The SMILES string of the molecule is Cl.NCc1nc(CN2CCN(C(=O)Cc3ccc(Cl)cc3)CC2)no1. The Hall–Kier alpha value is -1.67. The molecule has 1 aliphatic heterocycles. The number of rotatable bonds is 5. The van der Waals surface area contributed by atoms with E-state index in [1.807, 2.05) is 29.2 Å². The van der Waals surface area contributed by atoms with Gasteiger partial charge in [-0.1, -0.05) is 28.9 Å². The Kier molecular flexibility index (Phi) is 7.19. The molecule has 2 N–H and O–H groups in total. The van der Waals surface area contributed by atoms with Gasteiger partial charge >= 0.3 is 0 Å². The minimum atomic E-state index is 0. The lowest BCUT2D eigenvalue weighted by atomic mass is 10.1. The minimum Gasteiger partial charge on any atom is -0.340 e. The highest BCUT2D eigenvalue weighted by molar-refractivity contribution is 6.30. The molecule has 0 atom stereocenters. The van der Waals surface area contributed by atoms with Crippen molar-refractivity contribution in [3.8, 4) is 0 Å². The van der Waals surface area contributed by atoms with Crippen LogP contribution in [0, 0.1) is 0 Å². The first-order valence-corrected chi connectivity index (χ1v) is 8.28. The molecule has 1 saturated heterocycles. The Morgan fingerprint density at radius 3 is 2.48 bits per heavy atom. The van der Waals surface area contributed by atoms with Crippen molar-refractivity contribution in [3.63, 3.8) is 0 Å². The van der Waals surface area contributed by atoms with Gasteiger partial charge in [0.25, 0.3) is 0 Å². The number of aromatic nitrogens is 2. The van der Waals surface area contributed by atoms with Crippen molar-refractivity contribution >= 4 is 29.9 Å². The van der Waals surface area contributed by atoms with Gasteiger partial charge in [0.05, 0.1) is 19.5 Å². The molecule has 7 nitrogen and oxygen atoms in total. The predicted molar refractivity (Wildman–Crippen MR) is 96.5 cm³/mol. The molecule has 9 heteroatoms. The Balaban J connectivity index is 0.00000225. The van der Waals surface area contributed by atoms with E-state index < -0.39 is 0 Å². The van der Waals surface area contributed by atoms with Crippen molar-refractivity contribution in [1.29, 1.82) is 0 Å². The fourth-order valence-corrected chi connectivity index (χ4v) is 2.81. The molecule has 1 amide bonds. The lowest BCUT2D eigenvalue weighted by Crippen LogP contribution is -2.48. The molecule has 1 fully saturated rings. The van der Waals surface area contributed by atoms with E-state index in [4.69, 9.17) is 21.9 Å². The molecule has 0 unspecified atom stereocenters. The first kappa shape index (κ1) is 19.7. The van der Waals surface area contributed by atoms with Crippen LogP contribution in [-0.2, 0) is 24.3 Å². The summed E-state index contributed by atoms with van der Waals surface area (Å²) in [6, 6.07) is 7.40. The number of hydrogen-bond acceptors (Lipinski definition) is 6. The van der Waals surface area contributed by atoms with Gasteiger partial charge in [-0.05, 0) is 17.7 Å². The summed E-state index contributed by atoms with van der Waals surface area (Å²) in [4.78, 5) is 20.7. The average Bonchev–Trinajstić information content (AvgIpc) is 3.05. The number of carbonyl (C=O) groups is 1. The number of amides is 1. The third kappa shape index (κ3) is 5.40. The number of hydrogen-bond donors (Lipinski definition) is 1. The van der Waals surface area contributed by atoms with Gasteiger partial charge in [0, 0.05) is 31.2 Å². The zero-order valence-corrected chi connectivity index (χ0v) is 15.3. The first-order valence-electron chi connectivity index (χ1n) is 7.90. The van der Waals surface area contributed by atoms with Crippen LogP contribution in [-0.4, -0.2) is 52.0 Å². The van der Waals surface area contributed by atoms with Crippen molar-refractivity contribution in [3.05, 3.63) is 46.6 Å². The van der Waals surface area contributed by atoms with Crippen molar-refractivity contribution in [1.82, 2.24) is 19.9 Å². The summed E-state index contributed by atoms with van der Waals surface area (Å²) in [6.45, 7) is 3.85. The standard InChI is InChI=1S/C16H20ClN5O2.ClH/c17-13-3-1-12(2-4-13)9-16(23)22-7-5-21(6-8-22)11-14-19-15(10-18)24-20-14;/h1-4H,5-11,18H2;1H. The van der Waals surface area contributed by atoms with E-state index in [2.05, 4.69) is 15.0 Å². The predicted octanol–water partition coefficient (Wildman–Crippen LogP) is 1.49. The summed E-state index contributed by atoms with van der Waals surface area (Å²) in [7, 11) is 0. The highest BCUT2D eigenvalue weighted by Gasteiger charge is 2.22. The summed E-state index contributed by atoms with van der Waals surface area (Å²) in [5.74, 6) is 1.22. The fourth-order valence-electron chi connectivity index (χ4n) is 2.68. The van der Waals surface area contributed by atoms with E-state index >= 15 is 0 Å². The number of nitrogens with two attached hydrogens (primary N) is 1. The van der Waals surface area contributed by atoms with Gasteiger partial charge < -0.3 is 15.2 Å². The van der Waals surface area contributed by atoms with Crippen LogP contribution in [0.3, 0.4) is 0 Å². The Labute approximate surface area is 157 Å². The van der Waals surface area contributed by atoms with Gasteiger partial charge in [-0.2, -0.15) is 4.98 Å². The van der Waals surface area contributed by atoms with Crippen molar-refractivity contribution in [2.75, 3.05) is 26.2 Å². The molecule has 0 saturated carbocycles. The molecule has 1 aliphatic rings. The largest absolute Gasteiger partial charge is 0.340 e. The normalized spacial score (nSPS) is 15.0. The molecule has 3 rings (SSSR count). The lowest BCUT2D eigenvalue weighted by Gasteiger charge is -2.34. The van der Waals surface area contributed by atoms with Gasteiger partial charge in [-0.3, -0.25) is 9.69 Å². The van der Waals surface area contributed by atoms with Crippen LogP contribution in [0.5, 0.6) is 0 Å². The van der Waals surface area contributed by atoms with E-state index in [9.17, 15) is 4.79 Å². The Morgan fingerprint density at radius 2 is 1.88 bits per heavy atom. The summed E-state index contributed by atoms with van der Waals surface area (Å²) in [5.41, 5.74) is 6.44. The monoisotopic (exact) mass is 385 g/mol. The van der Waals surface area contributed by atoms with E-state index in [0.29, 0.717) is 42.8 Å². The third-order valence-corrected chi connectivity index (χ3v) is 4.30. The Morgan fingerprint density at radius 1 is 1.20 bits per heavy atom. The van der Waals surface area contributed by atoms with Crippen molar-refractivity contribution in [2.45, 2.75) is 19.5 Å². The van der Waals surface area contributed by atoms with Gasteiger partial charge in [0.15, 0.2) is 5.82 Å². The molecular formula is C16H21Cl2N5O2. The maximum absolute atomic E-state index is 12.4. The highest BCUT2D eigenvalue weighted by Crippen LogP contribution is 2.12. The van der Waals surface area contributed by atoms with E-state index in [1.165, 1.54) is 0 Å². The number of carbonyl (C=O) groups excluding carboxylic acids is 1. The van der Waals surface area contributed by atoms with Crippen molar-refractivity contribution < 1.29 is 9.32 Å². The molecule has 2 heterocycles. The lowest BCUT2D eigenvalue weighted by molar-refractivity contribution is -0.132. The second-order valence-electron chi connectivity index (χ2n) is 5.77. The van der Waals surface area contributed by atoms with Crippen LogP contribution in [0.2, 0.25) is 5.02 Å². The van der Waals surface area contributed by atoms with E-state index in [1.54, 1.807) is 0 Å². The Bertz CT molecular complexity index is 684. The van der Waals surface area contributed by atoms with Gasteiger partial charge in [0.1, 0.15) is 0 Å². The summed E-state index contributed by atoms with van der Waals surface area (Å²) in [5, 5.41) is 4.58. The smallest absolute Gasteiger partial charge is 0.240 e. The van der Waals surface area contributed by atoms with Gasteiger partial charge in [-0.15, -0.1) is 12.4 Å². The van der Waals surface area contributed by atoms with Gasteiger partial charge in [0.2, 0.25) is 11.8 Å². The minimum absolute atomic E-state index is 0. The summed E-state index contributed by atoms with van der Waals surface area (Å²) < 4.78 is 5.00. The third-order valence-electron chi connectivity index (χ3n) is 4.04. The van der Waals surface area contributed by atoms with Crippen LogP contribution in [0.1, 0.15) is 17.3 Å². The molecular weight excluding hydrogens is 365 g/mol. The average molecular weight is 386 g/mol. The second kappa shape index (κ2) is 9.15. The summed E-state index contributed by atoms with van der Waals surface area (Å²) in [6.07, 6.45) is 0.405. The topological polar surface area (TPSA) is 88.5 Å². The first-order chi connectivity index (χ1) is 11.6. The van der Waals surface area contributed by atoms with E-state index in [0.717, 1.165) is 18.7 Å². The fraction of sp³-hybridized carbons (Fsp3) is 0.438.